The molecule has 176 valence electrons. The second-order valence-electron chi connectivity index (χ2n) is 7.16. The molecule has 3 rings (SSSR count). The first kappa shape index (κ1) is 24.8. The zero-order valence-corrected chi connectivity index (χ0v) is 17.5. The number of benzene rings is 3. The highest BCUT2D eigenvalue weighted by Crippen LogP contribution is 2.27. The van der Waals surface area contributed by atoms with Gasteiger partial charge in [0.05, 0.1) is 11.1 Å². The Hall–Kier alpha value is -3.80. The van der Waals surface area contributed by atoms with Crippen LogP contribution >= 0.6 is 0 Å². The van der Waals surface area contributed by atoms with E-state index in [1.807, 2.05) is 6.92 Å². The summed E-state index contributed by atoms with van der Waals surface area (Å²) in [6.45, 7) is 1.94. The Morgan fingerprint density at radius 2 is 1.56 bits per heavy atom. The molecule has 0 saturated heterocycles. The van der Waals surface area contributed by atoms with E-state index in [2.05, 4.69) is 0 Å². The fourth-order valence-electron chi connectivity index (χ4n) is 3.11. The summed E-state index contributed by atoms with van der Waals surface area (Å²) in [7, 11) is 0. The maximum absolute atomic E-state index is 14.6. The molecule has 0 fully saturated rings. The number of alkyl halides is 3. The zero-order valence-electron chi connectivity index (χ0n) is 17.5. The first-order valence-corrected chi connectivity index (χ1v) is 9.88. The van der Waals surface area contributed by atoms with Crippen molar-refractivity contribution in [2.45, 2.75) is 25.9 Å². The number of hydrogen-bond acceptors (Lipinski definition) is 2. The number of carbonyl (C=O) groups is 1. The quantitative estimate of drug-likeness (QED) is 0.170. The van der Waals surface area contributed by atoms with E-state index >= 15 is 0 Å². The predicted molar refractivity (Wildman–Crippen MR) is 110 cm³/mol. The van der Waals surface area contributed by atoms with E-state index in [4.69, 9.17) is 4.74 Å². The SMILES string of the molecule is CCCc1ccc(-c2ccc(C(=O)Oc3cc(F)c(C#CC(F)(F)F)c(F)c3)c(F)c2)c(F)c1. The van der Waals surface area contributed by atoms with Crippen molar-refractivity contribution in [3.63, 3.8) is 0 Å². The number of ether oxygens (including phenoxy) is 1. The molecule has 0 aliphatic heterocycles. The average Bonchev–Trinajstić information content (AvgIpc) is 2.72. The van der Waals surface area contributed by atoms with Gasteiger partial charge in [-0.3, -0.25) is 0 Å². The lowest BCUT2D eigenvalue weighted by molar-refractivity contribution is -0.0696. The van der Waals surface area contributed by atoms with Gasteiger partial charge in [-0.15, -0.1) is 0 Å². The van der Waals surface area contributed by atoms with Gasteiger partial charge < -0.3 is 4.74 Å². The predicted octanol–water partition coefficient (Wildman–Crippen LogP) is 7.00. The van der Waals surface area contributed by atoms with Crippen LogP contribution < -0.4 is 4.74 Å². The summed E-state index contributed by atoms with van der Waals surface area (Å²) in [5.41, 5.74) is -0.731. The van der Waals surface area contributed by atoms with Crippen molar-refractivity contribution in [3.8, 4) is 28.7 Å². The molecule has 0 radical (unpaired) electrons. The van der Waals surface area contributed by atoms with Crippen LogP contribution in [0.5, 0.6) is 5.75 Å². The molecular formula is C25H15F7O2. The van der Waals surface area contributed by atoms with E-state index in [1.165, 1.54) is 24.1 Å². The summed E-state index contributed by atoms with van der Waals surface area (Å²) in [6.07, 6.45) is -3.47. The molecule has 2 nitrogen and oxygen atoms in total. The van der Waals surface area contributed by atoms with Crippen LogP contribution in [0.2, 0.25) is 0 Å². The number of aryl methyl sites for hydroxylation is 1. The van der Waals surface area contributed by atoms with E-state index in [0.29, 0.717) is 18.6 Å². The number of esters is 1. The van der Waals surface area contributed by atoms with Gasteiger partial charge in [0.1, 0.15) is 29.0 Å². The first-order chi connectivity index (χ1) is 16.0. The normalized spacial score (nSPS) is 11.1. The molecule has 0 aliphatic rings. The average molecular weight is 480 g/mol. The molecule has 34 heavy (non-hydrogen) atoms. The number of rotatable bonds is 5. The topological polar surface area (TPSA) is 26.3 Å². The van der Waals surface area contributed by atoms with Crippen LogP contribution in [0.3, 0.4) is 0 Å². The Balaban J connectivity index is 1.83. The van der Waals surface area contributed by atoms with E-state index in [0.717, 1.165) is 30.0 Å². The number of halogens is 7. The molecule has 0 N–H and O–H groups in total. The molecule has 0 aromatic heterocycles. The molecule has 0 bridgehead atoms. The molecule has 0 atom stereocenters. The van der Waals surface area contributed by atoms with Gasteiger partial charge in [0.25, 0.3) is 0 Å². The summed E-state index contributed by atoms with van der Waals surface area (Å²) < 4.78 is 98.1. The van der Waals surface area contributed by atoms with Gasteiger partial charge in [0.2, 0.25) is 0 Å². The second kappa shape index (κ2) is 10.00. The Morgan fingerprint density at radius 1 is 0.882 bits per heavy atom. The molecule has 0 amide bonds. The minimum Gasteiger partial charge on any atom is -0.423 e. The monoisotopic (exact) mass is 480 g/mol. The highest BCUT2D eigenvalue weighted by molar-refractivity contribution is 5.92. The van der Waals surface area contributed by atoms with Gasteiger partial charge in [-0.2, -0.15) is 13.2 Å². The molecule has 3 aromatic carbocycles. The van der Waals surface area contributed by atoms with Gasteiger partial charge in [0, 0.05) is 23.6 Å². The molecule has 0 unspecified atom stereocenters. The van der Waals surface area contributed by atoms with Gasteiger partial charge in [-0.1, -0.05) is 37.5 Å². The summed E-state index contributed by atoms with van der Waals surface area (Å²) >= 11 is 0. The van der Waals surface area contributed by atoms with Crippen molar-refractivity contribution >= 4 is 5.97 Å². The number of hydrogen-bond donors (Lipinski definition) is 0. The first-order valence-electron chi connectivity index (χ1n) is 9.88. The largest absolute Gasteiger partial charge is 0.458 e. The van der Waals surface area contributed by atoms with Crippen molar-refractivity contribution in [1.29, 1.82) is 0 Å². The Labute approximate surface area is 190 Å². The highest BCUT2D eigenvalue weighted by Gasteiger charge is 2.24. The lowest BCUT2D eigenvalue weighted by atomic mass is 10.00. The third-order valence-electron chi connectivity index (χ3n) is 4.63. The smallest absolute Gasteiger partial charge is 0.423 e. The fraction of sp³-hybridized carbons (Fsp3) is 0.160. The Bertz CT molecular complexity index is 1280. The van der Waals surface area contributed by atoms with Crippen molar-refractivity contribution in [3.05, 3.63) is 88.5 Å². The van der Waals surface area contributed by atoms with Crippen LogP contribution in [0.15, 0.2) is 48.5 Å². The van der Waals surface area contributed by atoms with E-state index < -0.39 is 52.3 Å². The lowest BCUT2D eigenvalue weighted by Gasteiger charge is -2.09. The van der Waals surface area contributed by atoms with Crippen LogP contribution in [0, 0.1) is 35.1 Å². The van der Waals surface area contributed by atoms with Gasteiger partial charge in [0.15, 0.2) is 0 Å². The van der Waals surface area contributed by atoms with E-state index in [-0.39, 0.29) is 11.1 Å². The van der Waals surface area contributed by atoms with Crippen LogP contribution in [0.4, 0.5) is 30.7 Å². The maximum atomic E-state index is 14.6. The highest BCUT2D eigenvalue weighted by atomic mass is 19.4. The molecular weight excluding hydrogens is 465 g/mol. The van der Waals surface area contributed by atoms with Crippen LogP contribution in [0.25, 0.3) is 11.1 Å². The molecule has 0 heterocycles. The standard InChI is InChI=1S/C25H15F7O2/c1-2-3-14-4-6-17(20(26)10-14)15-5-7-19(21(27)11-15)24(33)34-16-12-22(28)18(23(29)13-16)8-9-25(30,31)32/h4-7,10-13H,2-3H2,1H3. The lowest BCUT2D eigenvalue weighted by Crippen LogP contribution is -2.11. The van der Waals surface area contributed by atoms with Crippen LogP contribution in [0.1, 0.15) is 34.8 Å². The minimum absolute atomic E-state index is 0.110. The zero-order chi connectivity index (χ0) is 25.0. The molecule has 0 aliphatic carbocycles. The summed E-state index contributed by atoms with van der Waals surface area (Å²) in [4.78, 5) is 12.3. The maximum Gasteiger partial charge on any atom is 0.458 e. The summed E-state index contributed by atoms with van der Waals surface area (Å²) in [5, 5.41) is 0. The van der Waals surface area contributed by atoms with Crippen LogP contribution in [-0.4, -0.2) is 12.1 Å². The summed E-state index contributed by atoms with van der Waals surface area (Å²) in [5.74, 6) is -4.63. The molecule has 0 spiro atoms. The molecule has 3 aromatic rings. The molecule has 0 saturated carbocycles. The van der Waals surface area contributed by atoms with E-state index in [1.54, 1.807) is 6.07 Å². The van der Waals surface area contributed by atoms with Crippen molar-refractivity contribution in [1.82, 2.24) is 0 Å². The fourth-order valence-corrected chi connectivity index (χ4v) is 3.11. The number of carbonyl (C=O) groups excluding carboxylic acids is 1. The molecule has 9 heteroatoms. The van der Waals surface area contributed by atoms with Gasteiger partial charge in [-0.05, 0) is 35.7 Å². The summed E-state index contributed by atoms with van der Waals surface area (Å²) in [6, 6.07) is 8.62. The Morgan fingerprint density at radius 3 is 2.12 bits per heavy atom. The third kappa shape index (κ3) is 5.95. The van der Waals surface area contributed by atoms with Gasteiger partial charge in [-0.25, -0.2) is 22.4 Å². The van der Waals surface area contributed by atoms with Crippen molar-refractivity contribution < 1.29 is 40.3 Å². The van der Waals surface area contributed by atoms with Crippen LogP contribution in [-0.2, 0) is 6.42 Å². The Kier molecular flexibility index (Phi) is 7.30. The third-order valence-corrected chi connectivity index (χ3v) is 4.63. The van der Waals surface area contributed by atoms with Crippen molar-refractivity contribution in [2.75, 3.05) is 0 Å². The van der Waals surface area contributed by atoms with Gasteiger partial charge >= 0.3 is 12.1 Å². The minimum atomic E-state index is -4.96. The van der Waals surface area contributed by atoms with Crippen molar-refractivity contribution in [2.24, 2.45) is 0 Å². The van der Waals surface area contributed by atoms with E-state index in [9.17, 15) is 35.5 Å². The second-order valence-corrected chi connectivity index (χ2v) is 7.16.